The third-order valence-electron chi connectivity index (χ3n) is 3.29. The van der Waals surface area contributed by atoms with E-state index in [0.717, 1.165) is 51.7 Å². The molecule has 0 bridgehead atoms. The molecule has 18 heavy (non-hydrogen) atoms. The molecule has 0 atom stereocenters. The third kappa shape index (κ3) is 6.00. The number of hydrogen-bond acceptors (Lipinski definition) is 3. The number of carboxylic acid groups (broad SMARTS) is 1. The van der Waals surface area contributed by atoms with Gasteiger partial charge in [-0.2, -0.15) is 0 Å². The van der Waals surface area contributed by atoms with Crippen molar-refractivity contribution in [1.82, 2.24) is 9.80 Å². The number of unbranched alkanes of at least 4 members (excludes halogenated alkanes) is 2. The van der Waals surface area contributed by atoms with Crippen molar-refractivity contribution in [3.05, 3.63) is 0 Å². The molecule has 1 fully saturated rings. The lowest BCUT2D eigenvalue weighted by atomic mass is 10.2. The molecule has 5 heteroatoms. The van der Waals surface area contributed by atoms with Crippen LogP contribution in [0.15, 0.2) is 0 Å². The monoisotopic (exact) mass is 256 g/mol. The Labute approximate surface area is 109 Å². The standard InChI is InChI=1S/C13H24N2O3/c1-14(8-4-2-3-7-13(17)18)11-12(16)15-9-5-6-10-15/h2-11H2,1H3,(H,17,18). The van der Waals surface area contributed by atoms with Crippen molar-refractivity contribution in [1.29, 1.82) is 0 Å². The Morgan fingerprint density at radius 1 is 1.17 bits per heavy atom. The van der Waals surface area contributed by atoms with Gasteiger partial charge in [-0.1, -0.05) is 6.42 Å². The van der Waals surface area contributed by atoms with Crippen molar-refractivity contribution in [3.63, 3.8) is 0 Å². The van der Waals surface area contributed by atoms with Crippen LogP contribution in [0.5, 0.6) is 0 Å². The fourth-order valence-electron chi connectivity index (χ4n) is 2.21. The number of nitrogens with zero attached hydrogens (tertiary/aromatic N) is 2. The molecule has 1 saturated heterocycles. The number of likely N-dealkylation sites (N-methyl/N-ethyl adjacent to an activating group) is 1. The van der Waals surface area contributed by atoms with E-state index in [-0.39, 0.29) is 12.3 Å². The van der Waals surface area contributed by atoms with Crippen LogP contribution in [0.25, 0.3) is 0 Å². The molecule has 1 aliphatic heterocycles. The van der Waals surface area contributed by atoms with E-state index in [9.17, 15) is 9.59 Å². The lowest BCUT2D eigenvalue weighted by Gasteiger charge is -2.21. The summed E-state index contributed by atoms with van der Waals surface area (Å²) in [7, 11) is 1.95. The molecule has 1 heterocycles. The van der Waals surface area contributed by atoms with E-state index in [1.807, 2.05) is 16.8 Å². The summed E-state index contributed by atoms with van der Waals surface area (Å²) in [4.78, 5) is 26.1. The molecular formula is C13H24N2O3. The molecule has 1 N–H and O–H groups in total. The zero-order valence-electron chi connectivity index (χ0n) is 11.2. The Hall–Kier alpha value is -1.10. The lowest BCUT2D eigenvalue weighted by molar-refractivity contribution is -0.137. The fraction of sp³-hybridized carbons (Fsp3) is 0.846. The summed E-state index contributed by atoms with van der Waals surface area (Å²) in [6.45, 7) is 3.16. The summed E-state index contributed by atoms with van der Waals surface area (Å²) < 4.78 is 0. The number of rotatable bonds is 8. The number of hydrogen-bond donors (Lipinski definition) is 1. The highest BCUT2D eigenvalue weighted by Crippen LogP contribution is 2.08. The first-order chi connectivity index (χ1) is 8.59. The predicted octanol–water partition coefficient (Wildman–Crippen LogP) is 1.19. The van der Waals surface area contributed by atoms with Crippen molar-refractivity contribution in [2.45, 2.75) is 38.5 Å². The van der Waals surface area contributed by atoms with Crippen LogP contribution in [0.4, 0.5) is 0 Å². The highest BCUT2D eigenvalue weighted by atomic mass is 16.4. The largest absolute Gasteiger partial charge is 0.481 e. The minimum absolute atomic E-state index is 0.223. The lowest BCUT2D eigenvalue weighted by Crippen LogP contribution is -2.37. The van der Waals surface area contributed by atoms with Crippen molar-refractivity contribution in [3.8, 4) is 0 Å². The SMILES string of the molecule is CN(CCCCCC(=O)O)CC(=O)N1CCCC1. The molecular weight excluding hydrogens is 232 g/mol. The summed E-state index contributed by atoms with van der Waals surface area (Å²) in [5, 5.41) is 8.50. The number of carbonyl (C=O) groups is 2. The quantitative estimate of drug-likeness (QED) is 0.663. The van der Waals surface area contributed by atoms with Crippen LogP contribution >= 0.6 is 0 Å². The van der Waals surface area contributed by atoms with Crippen LogP contribution in [-0.4, -0.2) is 60.0 Å². The van der Waals surface area contributed by atoms with Crippen LogP contribution in [0, 0.1) is 0 Å². The Bertz CT molecular complexity index is 275. The summed E-state index contributed by atoms with van der Waals surface area (Å²) in [6, 6.07) is 0. The van der Waals surface area contributed by atoms with Crippen molar-refractivity contribution in [2.75, 3.05) is 33.2 Å². The Morgan fingerprint density at radius 2 is 1.83 bits per heavy atom. The molecule has 0 spiro atoms. The molecule has 1 amide bonds. The zero-order valence-corrected chi connectivity index (χ0v) is 11.2. The average molecular weight is 256 g/mol. The van der Waals surface area contributed by atoms with Gasteiger partial charge in [-0.05, 0) is 39.3 Å². The number of likely N-dealkylation sites (tertiary alicyclic amines) is 1. The molecule has 0 aromatic heterocycles. The zero-order chi connectivity index (χ0) is 13.4. The summed E-state index contributed by atoms with van der Waals surface area (Å²) >= 11 is 0. The normalized spacial score (nSPS) is 15.3. The van der Waals surface area contributed by atoms with Gasteiger partial charge in [0.15, 0.2) is 0 Å². The molecule has 0 radical (unpaired) electrons. The van der Waals surface area contributed by atoms with Gasteiger partial charge in [0.05, 0.1) is 6.54 Å². The van der Waals surface area contributed by atoms with Gasteiger partial charge in [-0.15, -0.1) is 0 Å². The van der Waals surface area contributed by atoms with Crippen LogP contribution < -0.4 is 0 Å². The molecule has 1 rings (SSSR count). The van der Waals surface area contributed by atoms with Gasteiger partial charge in [0.2, 0.25) is 5.91 Å². The fourth-order valence-corrected chi connectivity index (χ4v) is 2.21. The van der Waals surface area contributed by atoms with Gasteiger partial charge in [0.25, 0.3) is 0 Å². The third-order valence-corrected chi connectivity index (χ3v) is 3.29. The van der Waals surface area contributed by atoms with Gasteiger partial charge in [0.1, 0.15) is 0 Å². The van der Waals surface area contributed by atoms with E-state index in [1.54, 1.807) is 0 Å². The molecule has 0 aromatic rings. The van der Waals surface area contributed by atoms with E-state index < -0.39 is 5.97 Å². The summed E-state index contributed by atoms with van der Waals surface area (Å²) in [5.74, 6) is -0.506. The maximum Gasteiger partial charge on any atom is 0.303 e. The van der Waals surface area contributed by atoms with Crippen LogP contribution in [-0.2, 0) is 9.59 Å². The number of amides is 1. The second kappa shape index (κ2) is 8.08. The first-order valence-electron chi connectivity index (χ1n) is 6.77. The topological polar surface area (TPSA) is 60.9 Å². The number of aliphatic carboxylic acids is 1. The molecule has 5 nitrogen and oxygen atoms in total. The molecule has 0 aromatic carbocycles. The molecule has 0 aliphatic carbocycles. The van der Waals surface area contributed by atoms with Gasteiger partial charge < -0.3 is 10.0 Å². The van der Waals surface area contributed by atoms with Crippen LogP contribution in [0.2, 0.25) is 0 Å². The highest BCUT2D eigenvalue weighted by Gasteiger charge is 2.18. The minimum atomic E-state index is -0.729. The van der Waals surface area contributed by atoms with Crippen molar-refractivity contribution < 1.29 is 14.7 Å². The first kappa shape index (κ1) is 15.0. The van der Waals surface area contributed by atoms with Gasteiger partial charge in [0, 0.05) is 19.5 Å². The maximum absolute atomic E-state index is 11.8. The van der Waals surface area contributed by atoms with Crippen LogP contribution in [0.1, 0.15) is 38.5 Å². The van der Waals surface area contributed by atoms with Gasteiger partial charge >= 0.3 is 5.97 Å². The van der Waals surface area contributed by atoms with Crippen molar-refractivity contribution in [2.24, 2.45) is 0 Å². The molecule has 0 saturated carbocycles. The molecule has 1 aliphatic rings. The second-order valence-electron chi connectivity index (χ2n) is 5.03. The van der Waals surface area contributed by atoms with E-state index in [0.29, 0.717) is 6.54 Å². The maximum atomic E-state index is 11.8. The second-order valence-corrected chi connectivity index (χ2v) is 5.03. The Morgan fingerprint density at radius 3 is 2.44 bits per heavy atom. The highest BCUT2D eigenvalue weighted by molar-refractivity contribution is 5.78. The average Bonchev–Trinajstić information content (AvgIpc) is 2.81. The molecule has 0 unspecified atom stereocenters. The Kier molecular flexibility index (Phi) is 6.72. The van der Waals surface area contributed by atoms with E-state index in [2.05, 4.69) is 0 Å². The van der Waals surface area contributed by atoms with Crippen molar-refractivity contribution >= 4 is 11.9 Å². The van der Waals surface area contributed by atoms with Crippen LogP contribution in [0.3, 0.4) is 0 Å². The smallest absolute Gasteiger partial charge is 0.303 e. The first-order valence-corrected chi connectivity index (χ1v) is 6.77. The molecule has 104 valence electrons. The minimum Gasteiger partial charge on any atom is -0.481 e. The summed E-state index contributed by atoms with van der Waals surface area (Å²) in [5.41, 5.74) is 0. The van der Waals surface area contributed by atoms with E-state index in [4.69, 9.17) is 5.11 Å². The van der Waals surface area contributed by atoms with Gasteiger partial charge in [-0.25, -0.2) is 0 Å². The summed E-state index contributed by atoms with van der Waals surface area (Å²) in [6.07, 6.45) is 5.10. The van der Waals surface area contributed by atoms with Gasteiger partial charge in [-0.3, -0.25) is 14.5 Å². The van der Waals surface area contributed by atoms with E-state index >= 15 is 0 Å². The predicted molar refractivity (Wildman–Crippen MR) is 69.4 cm³/mol. The van der Waals surface area contributed by atoms with E-state index in [1.165, 1.54) is 0 Å². The number of carbonyl (C=O) groups excluding carboxylic acids is 1. The number of carboxylic acids is 1. The Balaban J connectivity index is 2.04.